The van der Waals surface area contributed by atoms with Crippen molar-refractivity contribution in [3.63, 3.8) is 0 Å². The van der Waals surface area contributed by atoms with E-state index < -0.39 is 0 Å². The Labute approximate surface area is 176 Å². The fourth-order valence-corrected chi connectivity index (χ4v) is 4.56. The summed E-state index contributed by atoms with van der Waals surface area (Å²) in [5, 5.41) is 4.52. The highest BCUT2D eigenvalue weighted by Gasteiger charge is 2.30. The van der Waals surface area contributed by atoms with E-state index in [1.165, 1.54) is 4.68 Å². The van der Waals surface area contributed by atoms with Crippen LogP contribution in [0.15, 0.2) is 53.3 Å². The minimum atomic E-state index is -0.180. The fourth-order valence-electron chi connectivity index (χ4n) is 4.04. The van der Waals surface area contributed by atoms with Crippen LogP contribution < -0.4 is 5.69 Å². The Hall–Kier alpha value is -3.33. The van der Waals surface area contributed by atoms with Crippen LogP contribution in [-0.4, -0.2) is 47.0 Å². The molecular weight excluding hydrogens is 400 g/mol. The Bertz CT molecular complexity index is 1280. The number of amides is 1. The maximum absolute atomic E-state index is 13.2. The van der Waals surface area contributed by atoms with Gasteiger partial charge in [-0.15, -0.1) is 0 Å². The molecule has 0 radical (unpaired) electrons. The van der Waals surface area contributed by atoms with E-state index in [2.05, 4.69) is 13.8 Å². The molecule has 30 heavy (non-hydrogen) atoms. The van der Waals surface area contributed by atoms with E-state index >= 15 is 0 Å². The highest BCUT2D eigenvalue weighted by molar-refractivity contribution is 7.00. The lowest BCUT2D eigenvalue weighted by Gasteiger charge is -2.32. The molecule has 0 saturated carbocycles. The van der Waals surface area contributed by atoms with Crippen molar-refractivity contribution in [1.82, 2.24) is 28.0 Å². The van der Waals surface area contributed by atoms with Gasteiger partial charge in [0.05, 0.1) is 17.4 Å². The number of rotatable bonds is 3. The monoisotopic (exact) mass is 420 g/mol. The molecule has 3 heterocycles. The predicted molar refractivity (Wildman–Crippen MR) is 114 cm³/mol. The summed E-state index contributed by atoms with van der Waals surface area (Å²) in [5.74, 6) is 0.658. The van der Waals surface area contributed by atoms with Crippen molar-refractivity contribution in [1.29, 1.82) is 0 Å². The number of benzene rings is 2. The summed E-state index contributed by atoms with van der Waals surface area (Å²) < 4.78 is 11.5. The van der Waals surface area contributed by atoms with Crippen LogP contribution in [0.2, 0.25) is 0 Å². The molecule has 4 aromatic rings. The zero-order chi connectivity index (χ0) is 20.7. The minimum absolute atomic E-state index is 0.0125. The fraction of sp³-hybridized carbons (Fsp3) is 0.286. The van der Waals surface area contributed by atoms with Crippen LogP contribution in [0.5, 0.6) is 0 Å². The molecule has 2 aromatic carbocycles. The summed E-state index contributed by atoms with van der Waals surface area (Å²) in [4.78, 5) is 27.7. The third kappa shape index (κ3) is 3.21. The maximum Gasteiger partial charge on any atom is 0.350 e. The van der Waals surface area contributed by atoms with E-state index in [1.807, 2.05) is 41.3 Å². The van der Waals surface area contributed by atoms with Crippen LogP contribution in [0.4, 0.5) is 0 Å². The largest absolute Gasteiger partial charge is 0.350 e. The third-order valence-corrected chi connectivity index (χ3v) is 6.10. The number of para-hydroxylation sites is 1. The van der Waals surface area contributed by atoms with Crippen molar-refractivity contribution in [2.75, 3.05) is 13.1 Å². The first-order valence-electron chi connectivity index (χ1n) is 9.85. The lowest BCUT2D eigenvalue weighted by atomic mass is 9.96. The quantitative estimate of drug-likeness (QED) is 0.509. The highest BCUT2D eigenvalue weighted by Crippen LogP contribution is 2.28. The van der Waals surface area contributed by atoms with E-state index in [0.29, 0.717) is 24.5 Å². The molecule has 0 N–H and O–H groups in total. The molecule has 0 unspecified atom stereocenters. The van der Waals surface area contributed by atoms with Gasteiger partial charge >= 0.3 is 5.69 Å². The topological polar surface area (TPSA) is 85.9 Å². The first kappa shape index (κ1) is 18.7. The number of aromatic nitrogens is 5. The molecule has 1 aliphatic heterocycles. The van der Waals surface area contributed by atoms with Gasteiger partial charge in [0.25, 0.3) is 5.91 Å². The Morgan fingerprint density at radius 3 is 2.73 bits per heavy atom. The van der Waals surface area contributed by atoms with E-state index in [4.69, 9.17) is 0 Å². The first-order chi connectivity index (χ1) is 14.6. The highest BCUT2D eigenvalue weighted by atomic mass is 32.1. The number of likely N-dealkylation sites (tertiary alicyclic amines) is 1. The summed E-state index contributed by atoms with van der Waals surface area (Å²) in [6, 6.07) is 14.9. The second kappa shape index (κ2) is 7.49. The SMILES string of the molecule is Cn1nc([C@@H]2CCCN(C(=O)c3ccc4nsnc4c3)C2)n(-c2ccccc2)c1=O. The molecule has 1 atom stereocenters. The zero-order valence-corrected chi connectivity index (χ0v) is 17.2. The van der Waals surface area contributed by atoms with E-state index in [0.717, 1.165) is 41.3 Å². The van der Waals surface area contributed by atoms with Gasteiger partial charge in [-0.1, -0.05) is 18.2 Å². The molecule has 0 aliphatic carbocycles. The average Bonchev–Trinajstić information content (AvgIpc) is 3.37. The minimum Gasteiger partial charge on any atom is -0.338 e. The zero-order valence-electron chi connectivity index (χ0n) is 16.4. The Morgan fingerprint density at radius 1 is 1.10 bits per heavy atom. The second-order valence-corrected chi connectivity index (χ2v) is 8.02. The van der Waals surface area contributed by atoms with Crippen LogP contribution in [0, 0.1) is 0 Å². The molecule has 152 valence electrons. The smallest absolute Gasteiger partial charge is 0.338 e. The van der Waals surface area contributed by atoms with Crippen LogP contribution in [0.1, 0.15) is 34.9 Å². The van der Waals surface area contributed by atoms with Gasteiger partial charge in [-0.05, 0) is 43.2 Å². The molecule has 8 nitrogen and oxygen atoms in total. The lowest BCUT2D eigenvalue weighted by Crippen LogP contribution is -2.40. The predicted octanol–water partition coefficient (Wildman–Crippen LogP) is 2.60. The van der Waals surface area contributed by atoms with Crippen LogP contribution in [0.25, 0.3) is 16.7 Å². The molecule has 2 aromatic heterocycles. The Kier molecular flexibility index (Phi) is 4.66. The van der Waals surface area contributed by atoms with E-state index in [-0.39, 0.29) is 17.5 Å². The summed E-state index contributed by atoms with van der Waals surface area (Å²) in [5.41, 5.74) is 2.75. The normalized spacial score (nSPS) is 16.8. The molecule has 1 aliphatic rings. The van der Waals surface area contributed by atoms with Gasteiger partial charge in [-0.25, -0.2) is 14.0 Å². The van der Waals surface area contributed by atoms with Crippen LogP contribution >= 0.6 is 11.7 Å². The van der Waals surface area contributed by atoms with Crippen molar-refractivity contribution >= 4 is 28.7 Å². The number of carbonyl (C=O) groups is 1. The number of carbonyl (C=O) groups excluding carboxylic acids is 1. The van der Waals surface area contributed by atoms with E-state index in [1.54, 1.807) is 23.7 Å². The number of nitrogens with zero attached hydrogens (tertiary/aromatic N) is 6. The Morgan fingerprint density at radius 2 is 1.90 bits per heavy atom. The number of aryl methyl sites for hydroxylation is 1. The van der Waals surface area contributed by atoms with Gasteiger partial charge in [0.15, 0.2) is 0 Å². The summed E-state index contributed by atoms with van der Waals surface area (Å²) >= 11 is 1.14. The first-order valence-corrected chi connectivity index (χ1v) is 10.6. The van der Waals surface area contributed by atoms with Crippen LogP contribution in [0.3, 0.4) is 0 Å². The average molecular weight is 420 g/mol. The molecule has 1 fully saturated rings. The van der Waals surface area contributed by atoms with Gasteiger partial charge < -0.3 is 4.90 Å². The van der Waals surface area contributed by atoms with Crippen molar-refractivity contribution in [3.8, 4) is 5.69 Å². The molecule has 1 amide bonds. The number of hydrogen-bond acceptors (Lipinski definition) is 6. The van der Waals surface area contributed by atoms with Crippen molar-refractivity contribution in [2.45, 2.75) is 18.8 Å². The van der Waals surface area contributed by atoms with Crippen molar-refractivity contribution < 1.29 is 4.79 Å². The number of hydrogen-bond donors (Lipinski definition) is 0. The summed E-state index contributed by atoms with van der Waals surface area (Å²) in [6.45, 7) is 1.21. The van der Waals surface area contributed by atoms with Crippen LogP contribution in [-0.2, 0) is 7.05 Å². The molecule has 0 spiro atoms. The van der Waals surface area contributed by atoms with Gasteiger partial charge in [0.2, 0.25) is 0 Å². The molecule has 9 heteroatoms. The number of fused-ring (bicyclic) bond motifs is 1. The Balaban J connectivity index is 1.45. The summed E-state index contributed by atoms with van der Waals surface area (Å²) in [7, 11) is 1.66. The number of piperidine rings is 1. The van der Waals surface area contributed by atoms with Crippen molar-refractivity contribution in [2.24, 2.45) is 7.05 Å². The second-order valence-electron chi connectivity index (χ2n) is 7.49. The molecule has 5 rings (SSSR count). The van der Waals surface area contributed by atoms with E-state index in [9.17, 15) is 9.59 Å². The summed E-state index contributed by atoms with van der Waals surface area (Å²) in [6.07, 6.45) is 1.73. The lowest BCUT2D eigenvalue weighted by molar-refractivity contribution is 0.0704. The molecular formula is C21H20N6O2S. The molecule has 1 saturated heterocycles. The molecule has 0 bridgehead atoms. The van der Waals surface area contributed by atoms with Crippen molar-refractivity contribution in [3.05, 3.63) is 70.4 Å². The third-order valence-electron chi connectivity index (χ3n) is 5.54. The van der Waals surface area contributed by atoms with Gasteiger partial charge in [-0.3, -0.25) is 4.79 Å². The standard InChI is InChI=1S/C21H20N6O2S/c1-25-21(29)27(16-7-3-2-4-8-16)19(22-25)15-6-5-11-26(13-15)20(28)14-9-10-17-18(12-14)24-30-23-17/h2-4,7-10,12,15H,5-6,11,13H2,1H3/t15-/m1/s1. The van der Waals surface area contributed by atoms with Gasteiger partial charge in [0.1, 0.15) is 16.9 Å². The van der Waals surface area contributed by atoms with Gasteiger partial charge in [0, 0.05) is 31.6 Å². The maximum atomic E-state index is 13.2. The van der Waals surface area contributed by atoms with Gasteiger partial charge in [-0.2, -0.15) is 13.8 Å².